The highest BCUT2D eigenvalue weighted by molar-refractivity contribution is 4.66. The largest absolute Gasteiger partial charge is 0.395 e. The molecule has 2 heterocycles. The lowest BCUT2D eigenvalue weighted by Crippen LogP contribution is -2.44. The number of rotatable bonds is 2. The Morgan fingerprint density at radius 3 is 1.67 bits per heavy atom. The fraction of sp³-hybridized carbons (Fsp3) is 1.00. The van der Waals surface area contributed by atoms with Gasteiger partial charge in [0.15, 0.2) is 0 Å². The quantitative estimate of drug-likeness (QED) is 0.433. The molecule has 0 unspecified atom stereocenters. The number of aliphatic hydroxyl groups excluding tert-OH is 1. The molecule has 0 aromatic carbocycles. The Kier molecular flexibility index (Phi) is 7.77. The van der Waals surface area contributed by atoms with Crippen molar-refractivity contribution in [3.8, 4) is 0 Å². The first-order valence-electron chi connectivity index (χ1n) is 5.89. The number of hydrogen-bond donors (Lipinski definition) is 4. The first-order chi connectivity index (χ1) is 7.43. The summed E-state index contributed by atoms with van der Waals surface area (Å²) < 4.78 is 0. The standard InChI is InChI=1S/C6H14N2O.C4H10N2/c9-6-5-8-3-1-7-2-4-8;1-2-6-4-3-5-1/h7,9H,1-6H2;5-6H,1-4H2. The molecule has 0 aliphatic carbocycles. The lowest BCUT2D eigenvalue weighted by atomic mass is 10.4. The van der Waals surface area contributed by atoms with E-state index in [2.05, 4.69) is 20.9 Å². The van der Waals surface area contributed by atoms with Gasteiger partial charge in [0.1, 0.15) is 0 Å². The molecule has 0 bridgehead atoms. The van der Waals surface area contributed by atoms with Gasteiger partial charge in [0.25, 0.3) is 0 Å². The Labute approximate surface area is 92.2 Å². The molecule has 5 heteroatoms. The van der Waals surface area contributed by atoms with Crippen LogP contribution in [0.5, 0.6) is 0 Å². The van der Waals surface area contributed by atoms with Crippen LogP contribution in [-0.4, -0.2) is 75.5 Å². The van der Waals surface area contributed by atoms with Crippen molar-refractivity contribution in [1.29, 1.82) is 0 Å². The van der Waals surface area contributed by atoms with Crippen LogP contribution in [-0.2, 0) is 0 Å². The number of hydrogen-bond acceptors (Lipinski definition) is 5. The maximum absolute atomic E-state index is 8.56. The van der Waals surface area contributed by atoms with Crippen molar-refractivity contribution >= 4 is 0 Å². The molecule has 5 nitrogen and oxygen atoms in total. The van der Waals surface area contributed by atoms with Gasteiger partial charge in [-0.2, -0.15) is 0 Å². The van der Waals surface area contributed by atoms with Crippen LogP contribution in [0.2, 0.25) is 0 Å². The molecule has 0 aromatic rings. The van der Waals surface area contributed by atoms with Crippen molar-refractivity contribution in [1.82, 2.24) is 20.9 Å². The Hall–Kier alpha value is -0.200. The molecule has 15 heavy (non-hydrogen) atoms. The summed E-state index contributed by atoms with van der Waals surface area (Å²) in [7, 11) is 0. The first-order valence-corrected chi connectivity index (χ1v) is 5.89. The van der Waals surface area contributed by atoms with Crippen LogP contribution in [0.3, 0.4) is 0 Å². The molecule has 0 amide bonds. The average Bonchev–Trinajstić information content (AvgIpc) is 2.34. The number of piperazine rings is 2. The highest BCUT2D eigenvalue weighted by Crippen LogP contribution is 1.88. The second-order valence-electron chi connectivity index (χ2n) is 3.82. The third kappa shape index (κ3) is 6.81. The van der Waals surface area contributed by atoms with E-state index in [1.165, 1.54) is 0 Å². The molecular formula is C10H24N4O. The molecule has 0 atom stereocenters. The van der Waals surface area contributed by atoms with E-state index in [9.17, 15) is 0 Å². The second kappa shape index (κ2) is 9.06. The number of aliphatic hydroxyl groups is 1. The van der Waals surface area contributed by atoms with E-state index in [0.717, 1.165) is 58.9 Å². The van der Waals surface area contributed by atoms with E-state index < -0.39 is 0 Å². The molecule has 2 aliphatic rings. The molecule has 4 N–H and O–H groups in total. The summed E-state index contributed by atoms with van der Waals surface area (Å²) in [5.41, 5.74) is 0. The fourth-order valence-corrected chi connectivity index (χ4v) is 1.68. The smallest absolute Gasteiger partial charge is 0.0558 e. The van der Waals surface area contributed by atoms with Crippen LogP contribution in [0.4, 0.5) is 0 Å². The maximum atomic E-state index is 8.56. The summed E-state index contributed by atoms with van der Waals surface area (Å²) >= 11 is 0. The number of nitrogens with zero attached hydrogens (tertiary/aromatic N) is 1. The van der Waals surface area contributed by atoms with Crippen molar-refractivity contribution < 1.29 is 5.11 Å². The molecule has 2 fully saturated rings. The van der Waals surface area contributed by atoms with Crippen LogP contribution < -0.4 is 16.0 Å². The molecule has 90 valence electrons. The molecule has 0 aromatic heterocycles. The first kappa shape index (κ1) is 12.9. The van der Waals surface area contributed by atoms with Gasteiger partial charge in [-0.3, -0.25) is 4.90 Å². The van der Waals surface area contributed by atoms with E-state index in [4.69, 9.17) is 5.11 Å². The van der Waals surface area contributed by atoms with Crippen molar-refractivity contribution in [3.05, 3.63) is 0 Å². The molecule has 0 spiro atoms. The van der Waals surface area contributed by atoms with Gasteiger partial charge < -0.3 is 21.1 Å². The van der Waals surface area contributed by atoms with E-state index in [1.807, 2.05) is 0 Å². The Morgan fingerprint density at radius 1 is 0.800 bits per heavy atom. The lowest BCUT2D eigenvalue weighted by molar-refractivity contribution is 0.180. The van der Waals surface area contributed by atoms with Gasteiger partial charge in [0.05, 0.1) is 6.61 Å². The predicted molar refractivity (Wildman–Crippen MR) is 62.1 cm³/mol. The Balaban J connectivity index is 0.000000162. The van der Waals surface area contributed by atoms with Crippen LogP contribution in [0, 0.1) is 0 Å². The Morgan fingerprint density at radius 2 is 1.27 bits per heavy atom. The Bertz CT molecular complexity index is 121. The lowest BCUT2D eigenvalue weighted by Gasteiger charge is -2.25. The third-order valence-electron chi connectivity index (χ3n) is 2.58. The monoisotopic (exact) mass is 216 g/mol. The minimum Gasteiger partial charge on any atom is -0.395 e. The molecule has 0 saturated carbocycles. The van der Waals surface area contributed by atoms with Crippen molar-refractivity contribution in [2.75, 3.05) is 65.5 Å². The van der Waals surface area contributed by atoms with Crippen LogP contribution in [0.15, 0.2) is 0 Å². The van der Waals surface area contributed by atoms with Gasteiger partial charge in [-0.15, -0.1) is 0 Å². The zero-order valence-electron chi connectivity index (χ0n) is 9.47. The minimum atomic E-state index is 0.292. The zero-order valence-corrected chi connectivity index (χ0v) is 9.47. The molecule has 0 radical (unpaired) electrons. The van der Waals surface area contributed by atoms with E-state index in [0.29, 0.717) is 6.61 Å². The summed E-state index contributed by atoms with van der Waals surface area (Å²) in [6.07, 6.45) is 0. The number of nitrogens with one attached hydrogen (secondary N) is 3. The average molecular weight is 216 g/mol. The highest BCUT2D eigenvalue weighted by Gasteiger charge is 2.06. The SMILES string of the molecule is C1CNCCN1.OCCN1CCNCC1. The molecule has 2 rings (SSSR count). The summed E-state index contributed by atoms with van der Waals surface area (Å²) in [6, 6.07) is 0. The van der Waals surface area contributed by atoms with E-state index >= 15 is 0 Å². The minimum absolute atomic E-state index is 0.292. The zero-order chi connectivity index (χ0) is 10.8. The van der Waals surface area contributed by atoms with Gasteiger partial charge in [-0.1, -0.05) is 0 Å². The maximum Gasteiger partial charge on any atom is 0.0558 e. The third-order valence-corrected chi connectivity index (χ3v) is 2.58. The van der Waals surface area contributed by atoms with E-state index in [1.54, 1.807) is 0 Å². The normalized spacial score (nSPS) is 23.0. The van der Waals surface area contributed by atoms with Crippen LogP contribution in [0.25, 0.3) is 0 Å². The molecule has 2 saturated heterocycles. The molecule has 2 aliphatic heterocycles. The van der Waals surface area contributed by atoms with Gasteiger partial charge in [0, 0.05) is 58.9 Å². The predicted octanol–water partition coefficient (Wildman–Crippen LogP) is -1.94. The van der Waals surface area contributed by atoms with Gasteiger partial charge in [-0.25, -0.2) is 0 Å². The summed E-state index contributed by atoms with van der Waals surface area (Å²) in [5, 5.41) is 18.3. The van der Waals surface area contributed by atoms with Crippen molar-refractivity contribution in [2.24, 2.45) is 0 Å². The van der Waals surface area contributed by atoms with Gasteiger partial charge in [-0.05, 0) is 0 Å². The number of β-amino-alcohol motifs (C(OH)–C–C–N with tert-alkyl or cyclic N) is 1. The highest BCUT2D eigenvalue weighted by atomic mass is 16.3. The summed E-state index contributed by atoms with van der Waals surface area (Å²) in [6.45, 7) is 9.99. The van der Waals surface area contributed by atoms with Gasteiger partial charge >= 0.3 is 0 Å². The fourth-order valence-electron chi connectivity index (χ4n) is 1.68. The second-order valence-corrected chi connectivity index (χ2v) is 3.82. The summed E-state index contributed by atoms with van der Waals surface area (Å²) in [5.74, 6) is 0. The van der Waals surface area contributed by atoms with Crippen LogP contribution in [0.1, 0.15) is 0 Å². The van der Waals surface area contributed by atoms with Gasteiger partial charge in [0.2, 0.25) is 0 Å². The topological polar surface area (TPSA) is 59.6 Å². The van der Waals surface area contributed by atoms with Crippen molar-refractivity contribution in [3.63, 3.8) is 0 Å². The summed E-state index contributed by atoms with van der Waals surface area (Å²) in [4.78, 5) is 2.26. The van der Waals surface area contributed by atoms with E-state index in [-0.39, 0.29) is 0 Å². The molecular weight excluding hydrogens is 192 g/mol. The van der Waals surface area contributed by atoms with Crippen LogP contribution >= 0.6 is 0 Å². The van der Waals surface area contributed by atoms with Crippen molar-refractivity contribution in [2.45, 2.75) is 0 Å².